The Morgan fingerprint density at radius 2 is 1.72 bits per heavy atom. The quantitative estimate of drug-likeness (QED) is 0.269. The number of methoxy groups -OCH3 is 2. The highest BCUT2D eigenvalue weighted by Gasteiger charge is 2.29. The van der Waals surface area contributed by atoms with Crippen molar-refractivity contribution < 1.29 is 27.1 Å². The molecule has 0 saturated carbocycles. The molecule has 0 saturated heterocycles. The molecule has 0 heterocycles. The second kappa shape index (κ2) is 12.3. The van der Waals surface area contributed by atoms with Gasteiger partial charge in [0.2, 0.25) is 5.91 Å². The van der Waals surface area contributed by atoms with Gasteiger partial charge in [0.25, 0.3) is 10.0 Å². The van der Waals surface area contributed by atoms with Crippen LogP contribution in [0, 0.1) is 12.7 Å². The molecule has 0 aliphatic heterocycles. The molecule has 0 bridgehead atoms. The predicted octanol–water partition coefficient (Wildman–Crippen LogP) is 4.91. The third-order valence-corrected chi connectivity index (χ3v) is 8.21. The summed E-state index contributed by atoms with van der Waals surface area (Å²) in [6.45, 7) is 1.80. The molecule has 1 N–H and O–H groups in total. The summed E-state index contributed by atoms with van der Waals surface area (Å²) in [6, 6.07) is 15.5. The Morgan fingerprint density at radius 1 is 1.03 bits per heavy atom. The second-order valence-electron chi connectivity index (χ2n) is 7.64. The van der Waals surface area contributed by atoms with E-state index >= 15 is 0 Å². The Kier molecular flexibility index (Phi) is 9.47. The molecule has 0 fully saturated rings. The molecule has 7 nitrogen and oxygen atoms in total. The molecule has 11 heteroatoms. The monoisotopic (exact) mass is 552 g/mol. The van der Waals surface area contributed by atoms with Gasteiger partial charge in [-0.3, -0.25) is 9.10 Å². The Labute approximate surface area is 219 Å². The molecule has 3 aromatic carbocycles. The van der Waals surface area contributed by atoms with Crippen molar-refractivity contribution in [2.45, 2.75) is 16.7 Å². The van der Waals surface area contributed by atoms with Crippen LogP contribution in [0.1, 0.15) is 5.56 Å². The maximum absolute atomic E-state index is 13.8. The number of nitrogens with one attached hydrogen (secondary N) is 1. The van der Waals surface area contributed by atoms with Crippen LogP contribution in [-0.4, -0.2) is 47.4 Å². The largest absolute Gasteiger partial charge is 0.493 e. The topological polar surface area (TPSA) is 84.9 Å². The van der Waals surface area contributed by atoms with E-state index in [0.717, 1.165) is 26.9 Å². The number of benzene rings is 3. The lowest BCUT2D eigenvalue weighted by atomic mass is 10.2. The van der Waals surface area contributed by atoms with Crippen LogP contribution in [0.15, 0.2) is 70.5 Å². The summed E-state index contributed by atoms with van der Waals surface area (Å²) < 4.78 is 52.2. The average molecular weight is 553 g/mol. The number of halogens is 2. The maximum Gasteiger partial charge on any atom is 0.264 e. The van der Waals surface area contributed by atoms with Gasteiger partial charge in [-0.2, -0.15) is 0 Å². The van der Waals surface area contributed by atoms with Crippen molar-refractivity contribution in [2.24, 2.45) is 0 Å². The van der Waals surface area contributed by atoms with Crippen molar-refractivity contribution in [1.82, 2.24) is 5.32 Å². The number of aryl methyl sites for hydroxylation is 1. The highest BCUT2D eigenvalue weighted by molar-refractivity contribution is 7.99. The molecule has 1 amide bonds. The number of thioether (sulfide) groups is 1. The van der Waals surface area contributed by atoms with E-state index in [-0.39, 0.29) is 21.4 Å². The van der Waals surface area contributed by atoms with Crippen molar-refractivity contribution in [3.05, 3.63) is 77.1 Å². The molecule has 192 valence electrons. The number of anilines is 1. The van der Waals surface area contributed by atoms with Crippen LogP contribution in [0.2, 0.25) is 5.02 Å². The summed E-state index contributed by atoms with van der Waals surface area (Å²) in [6.07, 6.45) is 0. The van der Waals surface area contributed by atoms with Gasteiger partial charge in [-0.1, -0.05) is 29.3 Å². The normalized spacial score (nSPS) is 11.1. The van der Waals surface area contributed by atoms with Gasteiger partial charge in [0.1, 0.15) is 12.4 Å². The molecule has 0 spiro atoms. The number of carbonyl (C=O) groups excluding carboxylic acids is 1. The van der Waals surface area contributed by atoms with Crippen molar-refractivity contribution in [3.8, 4) is 11.5 Å². The zero-order valence-corrected chi connectivity index (χ0v) is 22.3. The van der Waals surface area contributed by atoms with Gasteiger partial charge in [-0.25, -0.2) is 12.8 Å². The van der Waals surface area contributed by atoms with Gasteiger partial charge in [-0.15, -0.1) is 11.8 Å². The summed E-state index contributed by atoms with van der Waals surface area (Å²) >= 11 is 7.48. The number of amides is 1. The van der Waals surface area contributed by atoms with Crippen LogP contribution in [0.4, 0.5) is 10.1 Å². The highest BCUT2D eigenvalue weighted by atomic mass is 35.5. The molecule has 0 radical (unpaired) electrons. The molecule has 36 heavy (non-hydrogen) atoms. The Morgan fingerprint density at radius 3 is 2.36 bits per heavy atom. The highest BCUT2D eigenvalue weighted by Crippen LogP contribution is 2.33. The fourth-order valence-corrected chi connectivity index (χ4v) is 5.61. The molecule has 0 aliphatic carbocycles. The van der Waals surface area contributed by atoms with Crippen LogP contribution < -0.4 is 19.1 Å². The van der Waals surface area contributed by atoms with Gasteiger partial charge in [-0.05, 0) is 49.4 Å². The number of rotatable bonds is 11. The van der Waals surface area contributed by atoms with Gasteiger partial charge in [0, 0.05) is 23.3 Å². The fourth-order valence-electron chi connectivity index (χ4n) is 3.24. The van der Waals surface area contributed by atoms with Crippen molar-refractivity contribution >= 4 is 45.0 Å². The number of hydrogen-bond donors (Lipinski definition) is 1. The van der Waals surface area contributed by atoms with E-state index in [0.29, 0.717) is 18.0 Å². The summed E-state index contributed by atoms with van der Waals surface area (Å²) in [5.41, 5.74) is 1.20. The van der Waals surface area contributed by atoms with Gasteiger partial charge in [0.15, 0.2) is 11.5 Å². The molecule has 0 atom stereocenters. The molecular formula is C25H26ClFN2O5S2. The van der Waals surface area contributed by atoms with Crippen LogP contribution in [0.25, 0.3) is 0 Å². The Balaban J connectivity index is 1.80. The first kappa shape index (κ1) is 27.6. The molecule has 3 rings (SSSR count). The number of hydrogen-bond acceptors (Lipinski definition) is 6. The Hall–Kier alpha value is -2.95. The number of carbonyl (C=O) groups is 1. The molecular weight excluding hydrogens is 527 g/mol. The standard InChI is InChI=1S/C25H26ClFN2O5S2/c1-17-4-7-19(8-5-17)35-13-12-28-25(30)16-29(18-6-10-22(27)21(26)14-18)36(31,32)20-9-11-23(33-2)24(15-20)34-3/h4-11,14-15H,12-13,16H2,1-3H3,(H,28,30). The van der Waals surface area contributed by atoms with Crippen LogP contribution in [0.3, 0.4) is 0 Å². The Bertz CT molecular complexity index is 1320. The minimum absolute atomic E-state index is 0.0420. The lowest BCUT2D eigenvalue weighted by molar-refractivity contribution is -0.119. The van der Waals surface area contributed by atoms with Crippen molar-refractivity contribution in [2.75, 3.05) is 37.4 Å². The van der Waals surface area contributed by atoms with Crippen molar-refractivity contribution in [1.29, 1.82) is 0 Å². The molecule has 3 aromatic rings. The van der Waals surface area contributed by atoms with E-state index in [2.05, 4.69) is 5.32 Å². The van der Waals surface area contributed by atoms with Crippen molar-refractivity contribution in [3.63, 3.8) is 0 Å². The summed E-state index contributed by atoms with van der Waals surface area (Å²) in [4.78, 5) is 13.7. The van der Waals surface area contributed by atoms with E-state index in [1.807, 2.05) is 31.2 Å². The lowest BCUT2D eigenvalue weighted by Crippen LogP contribution is -2.41. The molecule has 0 aliphatic rings. The van der Waals surface area contributed by atoms with E-state index in [9.17, 15) is 17.6 Å². The minimum Gasteiger partial charge on any atom is -0.493 e. The number of sulfonamides is 1. The molecule has 0 aromatic heterocycles. The summed E-state index contributed by atoms with van der Waals surface area (Å²) in [7, 11) is -1.45. The minimum atomic E-state index is -4.26. The average Bonchev–Trinajstić information content (AvgIpc) is 2.87. The number of ether oxygens (including phenoxy) is 2. The van der Waals surface area contributed by atoms with Gasteiger partial charge >= 0.3 is 0 Å². The molecule has 0 unspecified atom stereocenters. The van der Waals surface area contributed by atoms with E-state index in [1.54, 1.807) is 11.8 Å². The van der Waals surface area contributed by atoms with Crippen LogP contribution in [0.5, 0.6) is 11.5 Å². The third kappa shape index (κ3) is 6.83. The van der Waals surface area contributed by atoms with Crippen LogP contribution in [-0.2, 0) is 14.8 Å². The lowest BCUT2D eigenvalue weighted by Gasteiger charge is -2.24. The third-order valence-electron chi connectivity index (χ3n) is 5.14. The first-order valence-corrected chi connectivity index (χ1v) is 13.6. The second-order valence-corrected chi connectivity index (χ2v) is 11.1. The summed E-state index contributed by atoms with van der Waals surface area (Å²) in [5.74, 6) is -0.0880. The first-order valence-electron chi connectivity index (χ1n) is 10.8. The smallest absolute Gasteiger partial charge is 0.264 e. The van der Waals surface area contributed by atoms with Crippen LogP contribution >= 0.6 is 23.4 Å². The van der Waals surface area contributed by atoms with Gasteiger partial charge < -0.3 is 14.8 Å². The van der Waals surface area contributed by atoms with E-state index < -0.39 is 28.3 Å². The SMILES string of the molecule is COc1ccc(S(=O)(=O)N(CC(=O)NCCSc2ccc(C)cc2)c2ccc(F)c(Cl)c2)cc1OC. The van der Waals surface area contributed by atoms with Gasteiger partial charge in [0.05, 0.1) is 29.8 Å². The maximum atomic E-state index is 13.8. The summed E-state index contributed by atoms with van der Waals surface area (Å²) in [5, 5.41) is 2.47. The number of nitrogens with zero attached hydrogens (tertiary/aromatic N) is 1. The van der Waals surface area contributed by atoms with E-state index in [4.69, 9.17) is 21.1 Å². The fraction of sp³-hybridized carbons (Fsp3) is 0.240. The van der Waals surface area contributed by atoms with E-state index in [1.165, 1.54) is 38.5 Å². The predicted molar refractivity (Wildman–Crippen MR) is 140 cm³/mol. The zero-order chi connectivity index (χ0) is 26.3. The first-order chi connectivity index (χ1) is 17.1. The zero-order valence-electron chi connectivity index (χ0n) is 20.0.